The maximum Gasteiger partial charge on any atom is 0.126 e. The second kappa shape index (κ2) is 5.80. The molecular weight excluding hydrogens is 238 g/mol. The van der Waals surface area contributed by atoms with E-state index in [2.05, 4.69) is 9.97 Å². The Bertz CT molecular complexity index is 550. The molecule has 0 fully saturated rings. The first-order valence-corrected chi connectivity index (χ1v) is 6.40. The minimum absolute atomic E-state index is 0.177. The zero-order chi connectivity index (χ0) is 13.8. The van der Waals surface area contributed by atoms with E-state index in [0.717, 1.165) is 28.5 Å². The first-order chi connectivity index (χ1) is 9.08. The summed E-state index contributed by atoms with van der Waals surface area (Å²) in [6.45, 7) is 6.31. The highest BCUT2D eigenvalue weighted by atomic mass is 16.5. The third-order valence-electron chi connectivity index (χ3n) is 2.62. The molecule has 0 saturated carbocycles. The highest BCUT2D eigenvalue weighted by Crippen LogP contribution is 2.22. The summed E-state index contributed by atoms with van der Waals surface area (Å²) in [5, 5.41) is 0. The van der Waals surface area contributed by atoms with E-state index in [4.69, 9.17) is 10.5 Å². The average Bonchev–Trinajstić information content (AvgIpc) is 2.38. The molecule has 0 atom stereocenters. The number of hydrogen-bond donors (Lipinski definition) is 1. The van der Waals surface area contributed by atoms with Gasteiger partial charge in [-0.05, 0) is 51.1 Å². The normalized spacial score (nSPS) is 10.8. The van der Waals surface area contributed by atoms with Gasteiger partial charge in [0.1, 0.15) is 11.6 Å². The summed E-state index contributed by atoms with van der Waals surface area (Å²) >= 11 is 0. The van der Waals surface area contributed by atoms with Gasteiger partial charge in [-0.2, -0.15) is 0 Å². The fraction of sp³-hybridized carbons (Fsp3) is 0.333. The molecule has 2 N–H and O–H groups in total. The van der Waals surface area contributed by atoms with Crippen LogP contribution in [0.25, 0.3) is 11.3 Å². The van der Waals surface area contributed by atoms with Gasteiger partial charge in [-0.3, -0.25) is 0 Å². The van der Waals surface area contributed by atoms with Crippen LogP contribution in [0.3, 0.4) is 0 Å². The lowest BCUT2D eigenvalue weighted by atomic mass is 10.1. The Morgan fingerprint density at radius 1 is 1.16 bits per heavy atom. The van der Waals surface area contributed by atoms with E-state index < -0.39 is 0 Å². The summed E-state index contributed by atoms with van der Waals surface area (Å²) < 4.78 is 5.62. The first kappa shape index (κ1) is 13.5. The minimum Gasteiger partial charge on any atom is -0.491 e. The van der Waals surface area contributed by atoms with Gasteiger partial charge in [0.2, 0.25) is 0 Å². The molecule has 0 aliphatic rings. The number of nitrogens with zero attached hydrogens (tertiary/aromatic N) is 2. The average molecular weight is 257 g/mol. The number of rotatable bonds is 4. The van der Waals surface area contributed by atoms with Crippen LogP contribution in [0.5, 0.6) is 5.75 Å². The molecule has 2 aromatic rings. The fourth-order valence-corrected chi connectivity index (χ4v) is 1.86. The van der Waals surface area contributed by atoms with Gasteiger partial charge in [0.15, 0.2) is 0 Å². The van der Waals surface area contributed by atoms with Gasteiger partial charge in [0.25, 0.3) is 0 Å². The highest BCUT2D eigenvalue weighted by Gasteiger charge is 2.04. The molecule has 0 spiro atoms. The smallest absolute Gasteiger partial charge is 0.126 e. The van der Waals surface area contributed by atoms with Crippen LogP contribution in [0.4, 0.5) is 0 Å². The van der Waals surface area contributed by atoms with E-state index >= 15 is 0 Å². The molecule has 1 aromatic heterocycles. The lowest BCUT2D eigenvalue weighted by molar-refractivity contribution is 0.242. The molecule has 0 aliphatic heterocycles. The number of benzene rings is 1. The van der Waals surface area contributed by atoms with E-state index in [1.165, 1.54) is 0 Å². The maximum absolute atomic E-state index is 5.63. The molecular formula is C15H19N3O. The van der Waals surface area contributed by atoms with Gasteiger partial charge in [0, 0.05) is 12.1 Å². The number of hydrogen-bond acceptors (Lipinski definition) is 4. The van der Waals surface area contributed by atoms with Crippen molar-refractivity contribution in [3.8, 4) is 17.0 Å². The molecule has 0 radical (unpaired) electrons. The minimum atomic E-state index is 0.177. The Kier molecular flexibility index (Phi) is 4.12. The van der Waals surface area contributed by atoms with E-state index in [1.54, 1.807) is 0 Å². The Morgan fingerprint density at radius 2 is 1.84 bits per heavy atom. The van der Waals surface area contributed by atoms with Crippen molar-refractivity contribution in [3.63, 3.8) is 0 Å². The fourth-order valence-electron chi connectivity index (χ4n) is 1.86. The number of nitrogens with two attached hydrogens (primary N) is 1. The van der Waals surface area contributed by atoms with Crippen LogP contribution in [-0.2, 0) is 6.54 Å². The Morgan fingerprint density at radius 3 is 2.42 bits per heavy atom. The van der Waals surface area contributed by atoms with Gasteiger partial charge in [-0.15, -0.1) is 0 Å². The van der Waals surface area contributed by atoms with Crippen molar-refractivity contribution < 1.29 is 4.74 Å². The Labute approximate surface area is 113 Å². The molecule has 4 heteroatoms. The summed E-state index contributed by atoms with van der Waals surface area (Å²) in [6.07, 6.45) is 0.177. The van der Waals surface area contributed by atoms with Crippen LogP contribution >= 0.6 is 0 Å². The van der Waals surface area contributed by atoms with Crippen molar-refractivity contribution in [2.24, 2.45) is 5.73 Å². The molecule has 100 valence electrons. The predicted molar refractivity (Wildman–Crippen MR) is 75.9 cm³/mol. The lowest BCUT2D eigenvalue weighted by Gasteiger charge is -2.10. The molecule has 19 heavy (non-hydrogen) atoms. The van der Waals surface area contributed by atoms with E-state index in [1.807, 2.05) is 51.1 Å². The molecule has 0 bridgehead atoms. The van der Waals surface area contributed by atoms with Gasteiger partial charge < -0.3 is 10.5 Å². The summed E-state index contributed by atoms with van der Waals surface area (Å²) in [6, 6.07) is 9.83. The van der Waals surface area contributed by atoms with Gasteiger partial charge in [-0.25, -0.2) is 9.97 Å². The summed E-state index contributed by atoms with van der Waals surface area (Å²) in [4.78, 5) is 8.71. The molecule has 1 heterocycles. The monoisotopic (exact) mass is 257 g/mol. The van der Waals surface area contributed by atoms with Crippen LogP contribution in [-0.4, -0.2) is 16.1 Å². The second-order valence-electron chi connectivity index (χ2n) is 4.69. The quantitative estimate of drug-likeness (QED) is 0.914. The number of ether oxygens (including phenoxy) is 1. The lowest BCUT2D eigenvalue weighted by Crippen LogP contribution is -2.05. The predicted octanol–water partition coefficient (Wildman–Crippen LogP) is 2.70. The molecule has 0 saturated heterocycles. The maximum atomic E-state index is 5.63. The molecule has 0 amide bonds. The highest BCUT2D eigenvalue weighted by molar-refractivity contribution is 5.60. The molecule has 2 rings (SSSR count). The Hall–Kier alpha value is -1.94. The third kappa shape index (κ3) is 3.51. The number of aromatic nitrogens is 2. The largest absolute Gasteiger partial charge is 0.491 e. The van der Waals surface area contributed by atoms with Gasteiger partial charge >= 0.3 is 0 Å². The molecule has 0 unspecified atom stereocenters. The van der Waals surface area contributed by atoms with Crippen LogP contribution in [0.15, 0.2) is 30.3 Å². The van der Waals surface area contributed by atoms with Crippen LogP contribution in [0.1, 0.15) is 25.4 Å². The van der Waals surface area contributed by atoms with E-state index in [9.17, 15) is 0 Å². The number of aryl methyl sites for hydroxylation is 1. The van der Waals surface area contributed by atoms with Crippen LogP contribution in [0, 0.1) is 6.92 Å². The van der Waals surface area contributed by atoms with E-state index in [0.29, 0.717) is 6.54 Å². The van der Waals surface area contributed by atoms with Crippen molar-refractivity contribution in [3.05, 3.63) is 41.9 Å². The van der Waals surface area contributed by atoms with Crippen molar-refractivity contribution in [2.45, 2.75) is 33.4 Å². The Balaban J connectivity index is 2.29. The van der Waals surface area contributed by atoms with Crippen molar-refractivity contribution in [1.82, 2.24) is 9.97 Å². The molecule has 0 aliphatic carbocycles. The van der Waals surface area contributed by atoms with E-state index in [-0.39, 0.29) is 6.10 Å². The SMILES string of the molecule is Cc1nc(CN)cc(-c2ccc(OC(C)C)cc2)n1. The zero-order valence-corrected chi connectivity index (χ0v) is 11.6. The van der Waals surface area contributed by atoms with Crippen LogP contribution < -0.4 is 10.5 Å². The van der Waals surface area contributed by atoms with Crippen molar-refractivity contribution in [2.75, 3.05) is 0 Å². The third-order valence-corrected chi connectivity index (χ3v) is 2.62. The molecule has 4 nitrogen and oxygen atoms in total. The first-order valence-electron chi connectivity index (χ1n) is 6.40. The zero-order valence-electron chi connectivity index (χ0n) is 11.6. The van der Waals surface area contributed by atoms with Crippen molar-refractivity contribution >= 4 is 0 Å². The topological polar surface area (TPSA) is 61.0 Å². The van der Waals surface area contributed by atoms with Gasteiger partial charge in [-0.1, -0.05) is 0 Å². The second-order valence-corrected chi connectivity index (χ2v) is 4.69. The summed E-state index contributed by atoms with van der Waals surface area (Å²) in [5.74, 6) is 1.60. The summed E-state index contributed by atoms with van der Waals surface area (Å²) in [5.41, 5.74) is 8.42. The van der Waals surface area contributed by atoms with Crippen molar-refractivity contribution in [1.29, 1.82) is 0 Å². The summed E-state index contributed by atoms with van der Waals surface area (Å²) in [7, 11) is 0. The van der Waals surface area contributed by atoms with Gasteiger partial charge in [0.05, 0.1) is 17.5 Å². The molecule has 1 aromatic carbocycles. The standard InChI is InChI=1S/C15H19N3O/c1-10(2)19-14-6-4-12(5-7-14)15-8-13(9-16)17-11(3)18-15/h4-8,10H,9,16H2,1-3H3. The van der Waals surface area contributed by atoms with Crippen LogP contribution in [0.2, 0.25) is 0 Å².